The molecular formula is C23H25N5O. The maximum atomic E-state index is 12.7. The molecule has 4 aromatic rings. The minimum atomic E-state index is -0.169. The van der Waals surface area contributed by atoms with Crippen LogP contribution in [-0.4, -0.2) is 26.8 Å². The lowest BCUT2D eigenvalue weighted by atomic mass is 10.1. The van der Waals surface area contributed by atoms with Gasteiger partial charge < -0.3 is 10.6 Å². The molecule has 0 radical (unpaired) electrons. The lowest BCUT2D eigenvalue weighted by Gasteiger charge is -2.14. The second-order valence-corrected chi connectivity index (χ2v) is 7.78. The zero-order valence-corrected chi connectivity index (χ0v) is 17.2. The van der Waals surface area contributed by atoms with Crippen molar-refractivity contribution in [2.75, 3.05) is 17.2 Å². The van der Waals surface area contributed by atoms with E-state index in [1.807, 2.05) is 22.6 Å². The summed E-state index contributed by atoms with van der Waals surface area (Å²) in [7, 11) is 0. The standard InChI is InChI=1S/C23H25N5O/c1-14(2)12-24-21-22-25-13-20(27-23(29)17-8-6-5-7-9-17)28(22)19-11-16(4)15(3)10-18(19)26-21/h5-11,13-14H,12H2,1-4H3,(H,24,26)(H,27,29). The first-order valence-corrected chi connectivity index (χ1v) is 9.82. The molecule has 2 N–H and O–H groups in total. The highest BCUT2D eigenvalue weighted by molar-refractivity contribution is 6.04. The number of aryl methyl sites for hydroxylation is 2. The van der Waals surface area contributed by atoms with Gasteiger partial charge in [-0.15, -0.1) is 0 Å². The molecule has 1 amide bonds. The predicted octanol–water partition coefficient (Wildman–Crippen LogP) is 4.82. The van der Waals surface area contributed by atoms with Gasteiger partial charge in [0.1, 0.15) is 5.82 Å². The molecule has 4 rings (SSSR count). The highest BCUT2D eigenvalue weighted by Crippen LogP contribution is 2.27. The molecule has 0 saturated heterocycles. The number of benzene rings is 2. The third-order valence-corrected chi connectivity index (χ3v) is 4.99. The molecule has 2 heterocycles. The van der Waals surface area contributed by atoms with Crippen LogP contribution in [0.3, 0.4) is 0 Å². The number of aromatic nitrogens is 3. The van der Waals surface area contributed by atoms with E-state index >= 15 is 0 Å². The topological polar surface area (TPSA) is 71.3 Å². The van der Waals surface area contributed by atoms with Gasteiger partial charge in [-0.2, -0.15) is 0 Å². The first kappa shape index (κ1) is 18.9. The Morgan fingerprint density at radius 3 is 2.55 bits per heavy atom. The quantitative estimate of drug-likeness (QED) is 0.515. The van der Waals surface area contributed by atoms with E-state index in [-0.39, 0.29) is 5.91 Å². The van der Waals surface area contributed by atoms with Gasteiger partial charge in [0, 0.05) is 12.1 Å². The van der Waals surface area contributed by atoms with Crippen molar-refractivity contribution in [2.45, 2.75) is 27.7 Å². The third kappa shape index (κ3) is 3.66. The van der Waals surface area contributed by atoms with Crippen LogP contribution in [0.5, 0.6) is 0 Å². The van der Waals surface area contributed by atoms with Crippen LogP contribution < -0.4 is 10.6 Å². The van der Waals surface area contributed by atoms with E-state index < -0.39 is 0 Å². The van der Waals surface area contributed by atoms with Crippen LogP contribution in [0.25, 0.3) is 16.7 Å². The van der Waals surface area contributed by atoms with Gasteiger partial charge in [0.2, 0.25) is 0 Å². The summed E-state index contributed by atoms with van der Waals surface area (Å²) < 4.78 is 1.97. The summed E-state index contributed by atoms with van der Waals surface area (Å²) in [6.45, 7) is 9.24. The van der Waals surface area contributed by atoms with Crippen molar-refractivity contribution in [2.24, 2.45) is 5.92 Å². The predicted molar refractivity (Wildman–Crippen MR) is 118 cm³/mol. The number of hydrogen-bond acceptors (Lipinski definition) is 4. The summed E-state index contributed by atoms with van der Waals surface area (Å²) in [4.78, 5) is 22.1. The van der Waals surface area contributed by atoms with Crippen molar-refractivity contribution >= 4 is 34.2 Å². The SMILES string of the molecule is Cc1cc2nc(NCC(C)C)c3ncc(NC(=O)c4ccccc4)n3c2cc1C. The summed E-state index contributed by atoms with van der Waals surface area (Å²) in [6.07, 6.45) is 1.69. The van der Waals surface area contributed by atoms with Crippen molar-refractivity contribution in [3.8, 4) is 0 Å². The van der Waals surface area contributed by atoms with E-state index in [9.17, 15) is 4.79 Å². The van der Waals surface area contributed by atoms with Crippen molar-refractivity contribution < 1.29 is 4.79 Å². The molecule has 0 unspecified atom stereocenters. The lowest BCUT2D eigenvalue weighted by Crippen LogP contribution is -2.14. The summed E-state index contributed by atoms with van der Waals surface area (Å²) in [5, 5.41) is 6.41. The molecule has 6 heteroatoms. The molecule has 0 fully saturated rings. The van der Waals surface area contributed by atoms with Crippen LogP contribution in [0.2, 0.25) is 0 Å². The van der Waals surface area contributed by atoms with Gasteiger partial charge in [-0.25, -0.2) is 9.97 Å². The highest BCUT2D eigenvalue weighted by atomic mass is 16.1. The smallest absolute Gasteiger partial charge is 0.256 e. The van der Waals surface area contributed by atoms with Crippen molar-refractivity contribution in [1.29, 1.82) is 0 Å². The van der Waals surface area contributed by atoms with E-state index in [0.29, 0.717) is 22.9 Å². The Labute approximate surface area is 170 Å². The molecule has 2 aromatic heterocycles. The van der Waals surface area contributed by atoms with E-state index in [1.54, 1.807) is 18.3 Å². The summed E-state index contributed by atoms with van der Waals surface area (Å²) in [5.41, 5.74) is 5.42. The first-order chi connectivity index (χ1) is 13.9. The van der Waals surface area contributed by atoms with E-state index in [2.05, 4.69) is 55.4 Å². The van der Waals surface area contributed by atoms with Crippen LogP contribution in [0.15, 0.2) is 48.7 Å². The fourth-order valence-electron chi connectivity index (χ4n) is 3.27. The van der Waals surface area contributed by atoms with Crippen LogP contribution in [0.4, 0.5) is 11.6 Å². The molecule has 0 aliphatic carbocycles. The zero-order valence-electron chi connectivity index (χ0n) is 17.2. The number of nitrogens with one attached hydrogen (secondary N) is 2. The Morgan fingerprint density at radius 2 is 1.83 bits per heavy atom. The number of nitrogens with zero attached hydrogens (tertiary/aromatic N) is 3. The first-order valence-electron chi connectivity index (χ1n) is 9.82. The molecule has 148 valence electrons. The molecule has 0 atom stereocenters. The van der Waals surface area contributed by atoms with E-state index in [4.69, 9.17) is 4.98 Å². The van der Waals surface area contributed by atoms with Crippen LogP contribution >= 0.6 is 0 Å². The van der Waals surface area contributed by atoms with Gasteiger partial charge in [0.15, 0.2) is 11.5 Å². The van der Waals surface area contributed by atoms with Gasteiger partial charge in [0.25, 0.3) is 5.91 Å². The number of anilines is 2. The van der Waals surface area contributed by atoms with Gasteiger partial charge in [0.05, 0.1) is 17.2 Å². The Bertz CT molecular complexity index is 1190. The number of hydrogen-bond donors (Lipinski definition) is 2. The Balaban J connectivity index is 1.87. The Kier molecular flexibility index (Phi) is 4.92. The monoisotopic (exact) mass is 387 g/mol. The minimum absolute atomic E-state index is 0.169. The van der Waals surface area contributed by atoms with Gasteiger partial charge in [-0.1, -0.05) is 32.0 Å². The Hall–Kier alpha value is -3.41. The molecule has 0 spiro atoms. The highest BCUT2D eigenvalue weighted by Gasteiger charge is 2.16. The van der Waals surface area contributed by atoms with Crippen molar-refractivity contribution in [3.05, 3.63) is 65.4 Å². The van der Waals surface area contributed by atoms with Crippen molar-refractivity contribution in [3.63, 3.8) is 0 Å². The van der Waals surface area contributed by atoms with Gasteiger partial charge >= 0.3 is 0 Å². The van der Waals surface area contributed by atoms with E-state index in [0.717, 1.165) is 29.0 Å². The number of carbonyl (C=O) groups excluding carboxylic acids is 1. The lowest BCUT2D eigenvalue weighted by molar-refractivity contribution is 0.102. The van der Waals surface area contributed by atoms with Gasteiger partial charge in [-0.05, 0) is 55.2 Å². The number of fused-ring (bicyclic) bond motifs is 3. The van der Waals surface area contributed by atoms with Crippen LogP contribution in [-0.2, 0) is 0 Å². The summed E-state index contributed by atoms with van der Waals surface area (Å²) in [6, 6.07) is 13.3. The van der Waals surface area contributed by atoms with Crippen LogP contribution in [0, 0.1) is 19.8 Å². The Morgan fingerprint density at radius 1 is 1.10 bits per heavy atom. The summed E-state index contributed by atoms with van der Waals surface area (Å²) in [5.74, 6) is 1.64. The molecular weight excluding hydrogens is 362 g/mol. The third-order valence-electron chi connectivity index (χ3n) is 4.99. The molecule has 6 nitrogen and oxygen atoms in total. The number of imidazole rings is 1. The molecule has 0 bridgehead atoms. The second kappa shape index (κ2) is 7.54. The zero-order chi connectivity index (χ0) is 20.5. The normalized spacial score (nSPS) is 11.3. The van der Waals surface area contributed by atoms with Gasteiger partial charge in [-0.3, -0.25) is 9.20 Å². The maximum absolute atomic E-state index is 12.7. The average molecular weight is 387 g/mol. The molecule has 0 aliphatic rings. The molecule has 0 aliphatic heterocycles. The number of rotatable bonds is 5. The van der Waals surface area contributed by atoms with Crippen LogP contribution in [0.1, 0.15) is 35.3 Å². The fourth-order valence-corrected chi connectivity index (χ4v) is 3.27. The van der Waals surface area contributed by atoms with E-state index in [1.165, 1.54) is 5.56 Å². The summed E-state index contributed by atoms with van der Waals surface area (Å²) >= 11 is 0. The number of carbonyl (C=O) groups is 1. The van der Waals surface area contributed by atoms with Crippen molar-refractivity contribution in [1.82, 2.24) is 14.4 Å². The molecule has 0 saturated carbocycles. The minimum Gasteiger partial charge on any atom is -0.367 e. The average Bonchev–Trinajstić information content (AvgIpc) is 3.12. The fraction of sp³-hybridized carbons (Fsp3) is 0.261. The maximum Gasteiger partial charge on any atom is 0.256 e. The molecule has 2 aromatic carbocycles. The number of amides is 1. The second-order valence-electron chi connectivity index (χ2n) is 7.78. The largest absolute Gasteiger partial charge is 0.367 e. The molecule has 29 heavy (non-hydrogen) atoms.